The highest BCUT2D eigenvalue weighted by Gasteiger charge is 2.51. The Bertz CT molecular complexity index is 1350. The van der Waals surface area contributed by atoms with Gasteiger partial charge in [0.1, 0.15) is 18.1 Å². The van der Waals surface area contributed by atoms with Crippen molar-refractivity contribution in [1.29, 1.82) is 0 Å². The Kier molecular flexibility index (Phi) is 6.75. The molecule has 1 aliphatic carbocycles. The van der Waals surface area contributed by atoms with E-state index in [-0.39, 0.29) is 29.6 Å². The summed E-state index contributed by atoms with van der Waals surface area (Å²) in [5.41, 5.74) is 4.07. The van der Waals surface area contributed by atoms with Crippen molar-refractivity contribution in [2.75, 3.05) is 0 Å². The molecule has 4 atom stereocenters. The second kappa shape index (κ2) is 9.89. The first-order valence-electron chi connectivity index (χ1n) is 13.5. The fraction of sp³-hybridized carbons (Fsp3) is 0.467. The molecule has 1 fully saturated rings. The maximum atomic E-state index is 14.4. The minimum Gasteiger partial charge on any atom is -0.349 e. The van der Waals surface area contributed by atoms with Crippen molar-refractivity contribution in [2.24, 2.45) is 11.8 Å². The molecule has 2 unspecified atom stereocenters. The van der Waals surface area contributed by atoms with E-state index in [0.717, 1.165) is 5.52 Å². The van der Waals surface area contributed by atoms with E-state index in [9.17, 15) is 14.4 Å². The van der Waals surface area contributed by atoms with Crippen LogP contribution in [0.5, 0.6) is 0 Å². The van der Waals surface area contributed by atoms with Crippen LogP contribution in [0.25, 0.3) is 11.0 Å². The number of amides is 3. The molecule has 2 aliphatic rings. The monoisotopic (exact) mass is 515 g/mol. The Morgan fingerprint density at radius 3 is 2.45 bits per heavy atom. The van der Waals surface area contributed by atoms with Crippen molar-refractivity contribution >= 4 is 28.8 Å². The van der Waals surface area contributed by atoms with Crippen LogP contribution in [0.3, 0.4) is 0 Å². The number of carbonyl (C=O) groups is 3. The molecule has 3 amide bonds. The van der Waals surface area contributed by atoms with E-state index in [2.05, 4.69) is 32.7 Å². The Morgan fingerprint density at radius 1 is 1.13 bits per heavy atom. The predicted octanol–water partition coefficient (Wildman–Crippen LogP) is 3.68. The Balaban J connectivity index is 1.59. The zero-order chi connectivity index (χ0) is 27.2. The first-order valence-corrected chi connectivity index (χ1v) is 13.5. The number of imidazole rings is 1. The second-order valence-electron chi connectivity index (χ2n) is 11.8. The summed E-state index contributed by atoms with van der Waals surface area (Å²) in [5, 5.41) is 6.15. The summed E-state index contributed by atoms with van der Waals surface area (Å²) in [5.74, 6) is -0.917. The molecule has 5 rings (SSSR count). The molecule has 0 bridgehead atoms. The molecular weight excluding hydrogens is 478 g/mol. The standard InChI is InChI=1S/C30H37N5O3/c1-6-17(2)25-27(36)33-24(21-13-18-9-7-8-10-19(18)14-21)29(38)35(25)26(28(37)34-30(3,4)5)20-11-12-22-23(15-20)32-16-31-22/h7-12,15-17,21,24-26H,6,13-14H2,1-5H3,(H,31,32)(H,33,36)(H,34,37)/t17-,24?,25+,26?/m0/s1. The van der Waals surface area contributed by atoms with Crippen LogP contribution in [0.1, 0.15) is 63.8 Å². The van der Waals surface area contributed by atoms with Crippen LogP contribution in [-0.4, -0.2) is 50.2 Å². The fourth-order valence-corrected chi connectivity index (χ4v) is 5.91. The number of piperazine rings is 1. The summed E-state index contributed by atoms with van der Waals surface area (Å²) in [6, 6.07) is 11.3. The molecule has 38 heavy (non-hydrogen) atoms. The van der Waals surface area contributed by atoms with E-state index in [0.29, 0.717) is 30.3 Å². The van der Waals surface area contributed by atoms with Crippen LogP contribution >= 0.6 is 0 Å². The van der Waals surface area contributed by atoms with Crippen molar-refractivity contribution in [3.8, 4) is 0 Å². The predicted molar refractivity (Wildman–Crippen MR) is 146 cm³/mol. The molecule has 8 heteroatoms. The van der Waals surface area contributed by atoms with E-state index in [1.54, 1.807) is 11.2 Å². The maximum Gasteiger partial charge on any atom is 0.247 e. The second-order valence-corrected chi connectivity index (χ2v) is 11.8. The molecule has 1 aromatic heterocycles. The van der Waals surface area contributed by atoms with Gasteiger partial charge in [0.05, 0.1) is 17.4 Å². The van der Waals surface area contributed by atoms with Crippen molar-refractivity contribution in [3.05, 3.63) is 65.5 Å². The Hall–Kier alpha value is -3.68. The quantitative estimate of drug-likeness (QED) is 0.466. The van der Waals surface area contributed by atoms with Crippen LogP contribution in [0, 0.1) is 11.8 Å². The van der Waals surface area contributed by atoms with E-state index >= 15 is 0 Å². The minimum atomic E-state index is -0.973. The molecule has 3 aromatic rings. The van der Waals surface area contributed by atoms with Gasteiger partial charge in [-0.3, -0.25) is 14.4 Å². The lowest BCUT2D eigenvalue weighted by Gasteiger charge is -2.46. The highest BCUT2D eigenvalue weighted by Crippen LogP contribution is 2.36. The van der Waals surface area contributed by atoms with Crippen molar-refractivity contribution in [2.45, 2.75) is 77.5 Å². The molecular formula is C30H37N5O3. The lowest BCUT2D eigenvalue weighted by atomic mass is 9.85. The van der Waals surface area contributed by atoms with Crippen molar-refractivity contribution < 1.29 is 14.4 Å². The molecule has 0 saturated carbocycles. The van der Waals surface area contributed by atoms with Crippen LogP contribution < -0.4 is 10.6 Å². The smallest absolute Gasteiger partial charge is 0.247 e. The third kappa shape index (κ3) is 4.79. The molecule has 200 valence electrons. The van der Waals surface area contributed by atoms with Crippen molar-refractivity contribution in [3.63, 3.8) is 0 Å². The average molecular weight is 516 g/mol. The highest BCUT2D eigenvalue weighted by atomic mass is 16.2. The number of benzene rings is 2. The summed E-state index contributed by atoms with van der Waals surface area (Å²) in [7, 11) is 0. The number of carbonyl (C=O) groups excluding carboxylic acids is 3. The highest BCUT2D eigenvalue weighted by molar-refractivity contribution is 6.01. The zero-order valence-corrected chi connectivity index (χ0v) is 22.7. The van der Waals surface area contributed by atoms with E-state index in [1.807, 2.05) is 65.0 Å². The molecule has 2 heterocycles. The molecule has 3 N–H and O–H groups in total. The van der Waals surface area contributed by atoms with Crippen LogP contribution in [0.4, 0.5) is 0 Å². The Morgan fingerprint density at radius 2 is 1.82 bits per heavy atom. The van der Waals surface area contributed by atoms with E-state index in [4.69, 9.17) is 0 Å². The number of aromatic amines is 1. The molecule has 1 aliphatic heterocycles. The fourth-order valence-electron chi connectivity index (χ4n) is 5.91. The van der Waals surface area contributed by atoms with Crippen LogP contribution in [0.2, 0.25) is 0 Å². The topological polar surface area (TPSA) is 107 Å². The molecule has 0 spiro atoms. The van der Waals surface area contributed by atoms with Gasteiger partial charge in [0.25, 0.3) is 0 Å². The van der Waals surface area contributed by atoms with Gasteiger partial charge >= 0.3 is 0 Å². The summed E-state index contributed by atoms with van der Waals surface area (Å²) in [4.78, 5) is 51.2. The van der Waals surface area contributed by atoms with Gasteiger partial charge in [-0.2, -0.15) is 0 Å². The lowest BCUT2D eigenvalue weighted by molar-refractivity contribution is -0.159. The van der Waals surface area contributed by atoms with Gasteiger partial charge in [0.15, 0.2) is 0 Å². The average Bonchev–Trinajstić information content (AvgIpc) is 3.51. The summed E-state index contributed by atoms with van der Waals surface area (Å²) in [6.07, 6.45) is 3.72. The largest absolute Gasteiger partial charge is 0.349 e. The van der Waals surface area contributed by atoms with Crippen LogP contribution in [-0.2, 0) is 27.2 Å². The first-order chi connectivity index (χ1) is 18.1. The number of fused-ring (bicyclic) bond motifs is 2. The number of rotatable bonds is 6. The third-order valence-electron chi connectivity index (χ3n) is 7.91. The van der Waals surface area contributed by atoms with Gasteiger partial charge in [-0.25, -0.2) is 4.98 Å². The third-order valence-corrected chi connectivity index (χ3v) is 7.91. The number of H-pyrrole nitrogens is 1. The molecule has 2 aromatic carbocycles. The number of nitrogens with zero attached hydrogens (tertiary/aromatic N) is 2. The number of aromatic nitrogens is 2. The normalized spacial score (nSPS) is 21.8. The first kappa shape index (κ1) is 25.9. The van der Waals surface area contributed by atoms with Gasteiger partial charge in [-0.1, -0.05) is 50.6 Å². The molecule has 0 radical (unpaired) electrons. The van der Waals surface area contributed by atoms with Gasteiger partial charge in [0.2, 0.25) is 17.7 Å². The summed E-state index contributed by atoms with van der Waals surface area (Å²) < 4.78 is 0. The number of hydrogen-bond acceptors (Lipinski definition) is 4. The maximum absolute atomic E-state index is 14.4. The SMILES string of the molecule is CC[C@H](C)[C@@H]1C(=O)NC(C2Cc3ccccc3C2)C(=O)N1C(C(=O)NC(C)(C)C)c1ccc2[nH]cnc2c1. The Labute approximate surface area is 223 Å². The van der Waals surface area contributed by atoms with E-state index < -0.39 is 23.7 Å². The lowest BCUT2D eigenvalue weighted by Crippen LogP contribution is -2.68. The summed E-state index contributed by atoms with van der Waals surface area (Å²) in [6.45, 7) is 9.70. The molecule has 1 saturated heterocycles. The summed E-state index contributed by atoms with van der Waals surface area (Å²) >= 11 is 0. The number of hydrogen-bond donors (Lipinski definition) is 3. The molecule has 8 nitrogen and oxygen atoms in total. The van der Waals surface area contributed by atoms with E-state index in [1.165, 1.54) is 11.1 Å². The minimum absolute atomic E-state index is 0.0654. The zero-order valence-electron chi connectivity index (χ0n) is 22.7. The van der Waals surface area contributed by atoms with Gasteiger partial charge < -0.3 is 20.5 Å². The van der Waals surface area contributed by atoms with Gasteiger partial charge in [-0.15, -0.1) is 0 Å². The van der Waals surface area contributed by atoms with Crippen LogP contribution in [0.15, 0.2) is 48.8 Å². The van der Waals surface area contributed by atoms with Crippen molar-refractivity contribution in [1.82, 2.24) is 25.5 Å². The van der Waals surface area contributed by atoms with Gasteiger partial charge in [-0.05, 0) is 74.3 Å². The van der Waals surface area contributed by atoms with Gasteiger partial charge in [0, 0.05) is 5.54 Å². The number of nitrogens with one attached hydrogen (secondary N) is 3.